The van der Waals surface area contributed by atoms with E-state index in [4.69, 9.17) is 9.11 Å². The molecule has 0 fully saturated rings. The topological polar surface area (TPSA) is 126 Å². The Bertz CT molecular complexity index is 562. The number of rotatable bonds is 12. The van der Waals surface area contributed by atoms with Crippen molar-refractivity contribution in [1.29, 1.82) is 0 Å². The van der Waals surface area contributed by atoms with E-state index >= 15 is 0 Å². The van der Waals surface area contributed by atoms with Gasteiger partial charge in [0.15, 0.2) is 0 Å². The van der Waals surface area contributed by atoms with Gasteiger partial charge in [-0.3, -0.25) is 13.9 Å². The fourth-order valence-electron chi connectivity index (χ4n) is 2.13. The van der Waals surface area contributed by atoms with Gasteiger partial charge in [0.05, 0.1) is 9.49 Å². The number of hydrogen-bond acceptors (Lipinski definition) is 5. The van der Waals surface area contributed by atoms with E-state index in [-0.39, 0.29) is 18.6 Å². The quantitative estimate of drug-likeness (QED) is 0.390. The molecule has 2 N–H and O–H groups in total. The van der Waals surface area contributed by atoms with E-state index < -0.39 is 29.7 Å². The lowest BCUT2D eigenvalue weighted by Gasteiger charge is -2.20. The van der Waals surface area contributed by atoms with Crippen LogP contribution in [-0.2, 0) is 25.0 Å². The van der Waals surface area contributed by atoms with Crippen molar-refractivity contribution in [3.63, 3.8) is 0 Å². The third kappa shape index (κ3) is 8.04. The van der Waals surface area contributed by atoms with Gasteiger partial charge in [0, 0.05) is 12.8 Å². The third-order valence-corrected chi connectivity index (χ3v) is 7.57. The van der Waals surface area contributed by atoms with Crippen molar-refractivity contribution < 1.29 is 30.7 Å². The minimum absolute atomic E-state index is 0.0457. The van der Waals surface area contributed by atoms with Crippen LogP contribution in [0.3, 0.4) is 0 Å². The number of carbonyl (C=O) groups is 1. The SMILES string of the molecule is CC(C)(CCCCC(=O)CCCCC(C)(C)S(=O)(=O)O)S(=O)(=O)O. The summed E-state index contributed by atoms with van der Waals surface area (Å²) in [7, 11) is -8.20. The molecule has 0 bridgehead atoms. The highest BCUT2D eigenvalue weighted by atomic mass is 32.2. The molecule has 0 unspecified atom stereocenters. The van der Waals surface area contributed by atoms with Crippen molar-refractivity contribution in [1.82, 2.24) is 0 Å². The van der Waals surface area contributed by atoms with Crippen LogP contribution in [0, 0.1) is 0 Å². The average Bonchev–Trinajstić information content (AvgIpc) is 2.37. The summed E-state index contributed by atoms with van der Waals surface area (Å²) in [6.07, 6.45) is 3.38. The van der Waals surface area contributed by atoms with Gasteiger partial charge in [0.2, 0.25) is 0 Å². The molecule has 24 heavy (non-hydrogen) atoms. The zero-order chi connectivity index (χ0) is 19.2. The van der Waals surface area contributed by atoms with Gasteiger partial charge in [-0.25, -0.2) is 0 Å². The Kier molecular flexibility index (Phi) is 8.55. The maximum Gasteiger partial charge on any atom is 0.270 e. The molecular weight excluding hydrogens is 356 g/mol. The van der Waals surface area contributed by atoms with Crippen molar-refractivity contribution in [3.8, 4) is 0 Å². The number of hydrogen-bond donors (Lipinski definition) is 2. The van der Waals surface area contributed by atoms with Crippen molar-refractivity contribution in [3.05, 3.63) is 0 Å². The minimum atomic E-state index is -4.10. The first-order valence-electron chi connectivity index (χ1n) is 8.06. The minimum Gasteiger partial charge on any atom is -0.300 e. The molecule has 0 aliphatic carbocycles. The van der Waals surface area contributed by atoms with Crippen molar-refractivity contribution in [2.24, 2.45) is 0 Å². The molecule has 0 rings (SSSR count). The lowest BCUT2D eigenvalue weighted by atomic mass is 10.00. The number of ketones is 1. The van der Waals surface area contributed by atoms with Crippen LogP contribution < -0.4 is 0 Å². The lowest BCUT2D eigenvalue weighted by molar-refractivity contribution is -0.119. The Balaban J connectivity index is 3.98. The van der Waals surface area contributed by atoms with E-state index in [1.807, 2.05) is 0 Å². The standard InChI is InChI=1S/C15H30O7S2/c1-14(2,23(17,18)19)11-7-5-9-13(16)10-6-8-12-15(3,4)24(20,21)22/h5-12H2,1-4H3,(H,17,18,19)(H,20,21,22). The molecule has 0 aromatic rings. The molecular formula is C15H30O7S2. The number of carbonyl (C=O) groups excluding carboxylic acids is 1. The normalized spacial score (nSPS) is 13.9. The van der Waals surface area contributed by atoms with Crippen molar-refractivity contribution in [2.75, 3.05) is 0 Å². The van der Waals surface area contributed by atoms with Gasteiger partial charge in [-0.15, -0.1) is 0 Å². The number of unbranched alkanes of at least 4 members (excludes halogenated alkanes) is 2. The summed E-state index contributed by atoms with van der Waals surface area (Å²) < 4.78 is 60.2. The number of Topliss-reactive ketones (excluding diaryl/α,β-unsaturated/α-hetero) is 1. The summed E-state index contributed by atoms with van der Waals surface area (Å²) >= 11 is 0. The second kappa shape index (κ2) is 8.73. The van der Waals surface area contributed by atoms with Crippen LogP contribution in [0.2, 0.25) is 0 Å². The molecule has 0 aromatic carbocycles. The Morgan fingerprint density at radius 3 is 1.25 bits per heavy atom. The molecule has 144 valence electrons. The Morgan fingerprint density at radius 2 is 1.00 bits per heavy atom. The lowest BCUT2D eigenvalue weighted by Crippen LogP contribution is -2.31. The summed E-state index contributed by atoms with van der Waals surface area (Å²) in [6.45, 7) is 5.78. The molecule has 0 atom stereocenters. The molecule has 0 aliphatic heterocycles. The average molecular weight is 387 g/mol. The molecule has 0 aromatic heterocycles. The van der Waals surface area contributed by atoms with Gasteiger partial charge in [-0.1, -0.05) is 12.8 Å². The molecule has 0 radical (unpaired) electrons. The summed E-state index contributed by atoms with van der Waals surface area (Å²) in [5.41, 5.74) is 0. The van der Waals surface area contributed by atoms with Gasteiger partial charge in [-0.05, 0) is 53.4 Å². The highest BCUT2D eigenvalue weighted by Crippen LogP contribution is 2.24. The van der Waals surface area contributed by atoms with Crippen LogP contribution in [0.5, 0.6) is 0 Å². The van der Waals surface area contributed by atoms with E-state index in [0.717, 1.165) is 0 Å². The Hall–Kier alpha value is -0.510. The summed E-state index contributed by atoms with van der Waals surface area (Å²) in [4.78, 5) is 11.8. The van der Waals surface area contributed by atoms with E-state index in [1.165, 1.54) is 27.7 Å². The molecule has 0 heterocycles. The summed E-state index contributed by atoms with van der Waals surface area (Å²) in [5.74, 6) is 0.0457. The fourth-order valence-corrected chi connectivity index (χ4v) is 2.93. The maximum absolute atomic E-state index is 11.8. The second-order valence-corrected chi connectivity index (χ2v) is 11.5. The zero-order valence-corrected chi connectivity index (χ0v) is 16.5. The monoisotopic (exact) mass is 386 g/mol. The van der Waals surface area contributed by atoms with Crippen LogP contribution in [0.15, 0.2) is 0 Å². The Labute approximate surface area is 145 Å². The molecule has 7 nitrogen and oxygen atoms in total. The van der Waals surface area contributed by atoms with Crippen LogP contribution in [0.4, 0.5) is 0 Å². The zero-order valence-electron chi connectivity index (χ0n) is 14.9. The molecule has 0 aliphatic rings. The third-order valence-electron chi connectivity index (χ3n) is 4.37. The largest absolute Gasteiger partial charge is 0.300 e. The van der Waals surface area contributed by atoms with Gasteiger partial charge in [0.1, 0.15) is 5.78 Å². The van der Waals surface area contributed by atoms with Crippen LogP contribution in [0.25, 0.3) is 0 Å². The summed E-state index contributed by atoms with van der Waals surface area (Å²) in [6, 6.07) is 0. The first-order chi connectivity index (χ1) is 10.6. The molecule has 0 amide bonds. The maximum atomic E-state index is 11.8. The molecule has 0 saturated heterocycles. The Morgan fingerprint density at radius 1 is 0.708 bits per heavy atom. The predicted molar refractivity (Wildman–Crippen MR) is 93.2 cm³/mol. The highest BCUT2D eigenvalue weighted by molar-refractivity contribution is 7.87. The van der Waals surface area contributed by atoms with Crippen LogP contribution in [0.1, 0.15) is 79.1 Å². The van der Waals surface area contributed by atoms with Gasteiger partial charge < -0.3 is 0 Å². The predicted octanol–water partition coefficient (Wildman–Crippen LogP) is 3.01. The van der Waals surface area contributed by atoms with E-state index in [0.29, 0.717) is 38.5 Å². The van der Waals surface area contributed by atoms with E-state index in [9.17, 15) is 21.6 Å². The molecule has 0 saturated carbocycles. The molecule has 9 heteroatoms. The fraction of sp³-hybridized carbons (Fsp3) is 0.933. The van der Waals surface area contributed by atoms with Gasteiger partial charge >= 0.3 is 0 Å². The molecule has 0 spiro atoms. The highest BCUT2D eigenvalue weighted by Gasteiger charge is 2.32. The first-order valence-corrected chi connectivity index (χ1v) is 10.9. The second-order valence-electron chi connectivity index (χ2n) is 7.42. The van der Waals surface area contributed by atoms with Gasteiger partial charge in [-0.2, -0.15) is 16.8 Å². The van der Waals surface area contributed by atoms with Crippen molar-refractivity contribution in [2.45, 2.75) is 88.6 Å². The van der Waals surface area contributed by atoms with E-state index in [1.54, 1.807) is 0 Å². The van der Waals surface area contributed by atoms with Crippen LogP contribution >= 0.6 is 0 Å². The summed E-state index contributed by atoms with van der Waals surface area (Å²) in [5, 5.41) is 0. The first kappa shape index (κ1) is 23.5. The van der Waals surface area contributed by atoms with Gasteiger partial charge in [0.25, 0.3) is 20.2 Å². The van der Waals surface area contributed by atoms with E-state index in [2.05, 4.69) is 0 Å². The smallest absolute Gasteiger partial charge is 0.270 e. The van der Waals surface area contributed by atoms with Crippen molar-refractivity contribution >= 4 is 26.0 Å². The van der Waals surface area contributed by atoms with Crippen LogP contribution in [-0.4, -0.2) is 41.2 Å².